The van der Waals surface area contributed by atoms with Gasteiger partial charge in [0.05, 0.1) is 6.61 Å². The summed E-state index contributed by atoms with van der Waals surface area (Å²) >= 11 is 0. The number of hydrogen-bond donors (Lipinski definition) is 1. The van der Waals surface area contributed by atoms with E-state index >= 15 is 0 Å². The summed E-state index contributed by atoms with van der Waals surface area (Å²) in [5, 5.41) is 12.9. The van der Waals surface area contributed by atoms with Crippen LogP contribution in [0.2, 0.25) is 0 Å². The lowest BCUT2D eigenvalue weighted by Gasteiger charge is -2.08. The molecule has 1 N–H and O–H groups in total. The summed E-state index contributed by atoms with van der Waals surface area (Å²) in [6, 6.07) is 0. The average Bonchev–Trinajstić information content (AvgIpc) is 2.05. The number of amides is 1. The second kappa shape index (κ2) is 6.91. The second-order valence-corrected chi connectivity index (χ2v) is 2.53. The number of hydrogen-bond acceptors (Lipinski definition) is 2. The van der Waals surface area contributed by atoms with Gasteiger partial charge in [-0.1, -0.05) is 20.3 Å². The largest absolute Gasteiger partial charge is 0.450 e. The Bertz CT molecular complexity index is 127. The molecule has 0 aliphatic carbocycles. The molecule has 0 heterocycles. The first-order chi connectivity index (χ1) is 5.70. The first-order valence-corrected chi connectivity index (χ1v) is 4.29. The Morgan fingerprint density at radius 2 is 2.17 bits per heavy atom. The summed E-state index contributed by atoms with van der Waals surface area (Å²) in [6.45, 7) is 4.10. The van der Waals surface area contributed by atoms with Crippen molar-refractivity contribution in [1.29, 1.82) is 0 Å². The zero-order valence-corrected chi connectivity index (χ0v) is 7.63. The molecule has 0 aromatic carbocycles. The van der Waals surface area contributed by atoms with Crippen LogP contribution in [0.5, 0.6) is 0 Å². The molecule has 0 aromatic heterocycles. The van der Waals surface area contributed by atoms with E-state index < -0.39 is 12.3 Å². The lowest BCUT2D eigenvalue weighted by molar-refractivity contribution is 0.0471. The topological polar surface area (TPSA) is 58.2 Å². The zero-order chi connectivity index (χ0) is 9.40. The van der Waals surface area contributed by atoms with E-state index in [1.807, 2.05) is 6.92 Å². The highest BCUT2D eigenvalue weighted by Crippen LogP contribution is 1.90. The van der Waals surface area contributed by atoms with Crippen molar-refractivity contribution in [3.8, 4) is 0 Å². The molecule has 0 fully saturated rings. The Morgan fingerprint density at radius 1 is 1.50 bits per heavy atom. The normalized spacial score (nSPS) is 12.2. The maximum atomic E-state index is 10.8. The van der Waals surface area contributed by atoms with E-state index in [4.69, 9.17) is 4.74 Å². The Labute approximate surface area is 72.9 Å². The van der Waals surface area contributed by atoms with Crippen LogP contribution in [0, 0.1) is 0 Å². The van der Waals surface area contributed by atoms with Gasteiger partial charge >= 0.3 is 6.09 Å². The van der Waals surface area contributed by atoms with Crippen LogP contribution in [-0.4, -0.2) is 18.9 Å². The smallest absolute Gasteiger partial charge is 0.409 e. The third-order valence-corrected chi connectivity index (χ3v) is 1.38. The Kier molecular flexibility index (Phi) is 6.47. The molecule has 0 saturated heterocycles. The summed E-state index contributed by atoms with van der Waals surface area (Å²) in [7, 11) is 0. The van der Waals surface area contributed by atoms with E-state index in [2.05, 4.69) is 5.32 Å². The van der Waals surface area contributed by atoms with Crippen LogP contribution in [0.15, 0.2) is 0 Å². The molecule has 1 atom stereocenters. The minimum Gasteiger partial charge on any atom is -0.450 e. The van der Waals surface area contributed by atoms with Crippen LogP contribution in [0.25, 0.3) is 0 Å². The molecule has 71 valence electrons. The molecule has 0 bridgehead atoms. The number of alkyl carbamates (subject to hydrolysis) is 1. The fraction of sp³-hybridized carbons (Fsp3) is 0.875. The van der Waals surface area contributed by atoms with Crippen molar-refractivity contribution in [2.24, 2.45) is 0 Å². The van der Waals surface area contributed by atoms with Crippen LogP contribution >= 0.6 is 0 Å². The summed E-state index contributed by atoms with van der Waals surface area (Å²) in [5.41, 5.74) is 0. The number of carbonyl (C=O) groups excluding carboxylic acids is 1. The van der Waals surface area contributed by atoms with Crippen LogP contribution in [-0.2, 0) is 9.84 Å². The molecule has 4 nitrogen and oxygen atoms in total. The van der Waals surface area contributed by atoms with Gasteiger partial charge in [0.2, 0.25) is 0 Å². The Balaban J connectivity index is 3.33. The van der Waals surface area contributed by atoms with Crippen LogP contribution in [0.3, 0.4) is 0 Å². The third-order valence-electron chi connectivity index (χ3n) is 1.38. The van der Waals surface area contributed by atoms with E-state index in [0.717, 1.165) is 12.8 Å². The fourth-order valence-corrected chi connectivity index (χ4v) is 0.584. The quantitative estimate of drug-likeness (QED) is 0.509. The van der Waals surface area contributed by atoms with E-state index in [0.29, 0.717) is 13.0 Å². The summed E-state index contributed by atoms with van der Waals surface area (Å²) in [5.74, 6) is 0. The van der Waals surface area contributed by atoms with Crippen molar-refractivity contribution >= 4 is 6.09 Å². The molecule has 0 spiro atoms. The summed E-state index contributed by atoms with van der Waals surface area (Å²) in [6.07, 6.45) is 0.540. The van der Waals surface area contributed by atoms with Gasteiger partial charge in [-0.15, -0.1) is 0 Å². The number of ether oxygens (including phenoxy) is 1. The first-order valence-electron chi connectivity index (χ1n) is 4.29. The molecule has 4 heteroatoms. The van der Waals surface area contributed by atoms with Crippen LogP contribution in [0.4, 0.5) is 4.79 Å². The van der Waals surface area contributed by atoms with Gasteiger partial charge in [-0.3, -0.25) is 5.32 Å². The molecular formula is C8H16NO3. The maximum Gasteiger partial charge on any atom is 0.409 e. The van der Waals surface area contributed by atoms with Gasteiger partial charge in [0.15, 0.2) is 6.23 Å². The predicted molar refractivity (Wildman–Crippen MR) is 44.2 cm³/mol. The van der Waals surface area contributed by atoms with Crippen molar-refractivity contribution in [3.05, 3.63) is 0 Å². The first kappa shape index (κ1) is 11.2. The van der Waals surface area contributed by atoms with Gasteiger partial charge in [-0.2, -0.15) is 0 Å². The number of nitrogens with one attached hydrogen (secondary N) is 1. The van der Waals surface area contributed by atoms with Gasteiger partial charge in [-0.25, -0.2) is 9.90 Å². The molecule has 12 heavy (non-hydrogen) atoms. The van der Waals surface area contributed by atoms with E-state index in [1.165, 1.54) is 0 Å². The predicted octanol–water partition coefficient (Wildman–Crippen LogP) is 1.68. The monoisotopic (exact) mass is 174 g/mol. The minimum absolute atomic E-state index is 0.378. The van der Waals surface area contributed by atoms with Crippen molar-refractivity contribution in [1.82, 2.24) is 5.32 Å². The third kappa shape index (κ3) is 5.97. The number of unbranched alkanes of at least 4 members (excludes halogenated alkanes) is 1. The van der Waals surface area contributed by atoms with Gasteiger partial charge in [-0.05, 0) is 12.8 Å². The fourth-order valence-electron chi connectivity index (χ4n) is 0.584. The van der Waals surface area contributed by atoms with E-state index in [1.54, 1.807) is 6.92 Å². The van der Waals surface area contributed by atoms with E-state index in [-0.39, 0.29) is 0 Å². The lowest BCUT2D eigenvalue weighted by atomic mass is 10.4. The molecule has 0 rings (SSSR count). The van der Waals surface area contributed by atoms with Crippen molar-refractivity contribution < 1.29 is 14.6 Å². The second-order valence-electron chi connectivity index (χ2n) is 2.53. The molecule has 0 saturated carbocycles. The highest BCUT2D eigenvalue weighted by atomic mass is 16.5. The highest BCUT2D eigenvalue weighted by molar-refractivity contribution is 5.67. The minimum atomic E-state index is -1.04. The number of carbonyl (C=O) groups is 1. The highest BCUT2D eigenvalue weighted by Gasteiger charge is 2.07. The zero-order valence-electron chi connectivity index (χ0n) is 7.63. The maximum absolute atomic E-state index is 10.8. The van der Waals surface area contributed by atoms with Crippen molar-refractivity contribution in [2.45, 2.75) is 39.3 Å². The standard InChI is InChI=1S/C8H16NO3/c1-3-5-6-12-8(11)9-7(10)4-2/h7H,3-6H2,1-2H3,(H,9,11). The molecule has 1 radical (unpaired) electrons. The van der Waals surface area contributed by atoms with Crippen molar-refractivity contribution in [3.63, 3.8) is 0 Å². The van der Waals surface area contributed by atoms with Crippen LogP contribution in [0.1, 0.15) is 33.1 Å². The Hall–Kier alpha value is -0.770. The SMILES string of the molecule is CCCCOC(=O)NC([O])CC. The van der Waals surface area contributed by atoms with Crippen molar-refractivity contribution in [2.75, 3.05) is 6.61 Å². The van der Waals surface area contributed by atoms with Gasteiger partial charge in [0.1, 0.15) is 0 Å². The Morgan fingerprint density at radius 3 is 2.67 bits per heavy atom. The molecule has 0 aliphatic rings. The number of rotatable bonds is 5. The molecular weight excluding hydrogens is 158 g/mol. The summed E-state index contributed by atoms with van der Waals surface area (Å²) < 4.78 is 4.70. The average molecular weight is 174 g/mol. The molecule has 1 unspecified atom stereocenters. The molecule has 1 amide bonds. The van der Waals surface area contributed by atoms with Crippen LogP contribution < -0.4 is 5.32 Å². The van der Waals surface area contributed by atoms with E-state index in [9.17, 15) is 9.90 Å². The summed E-state index contributed by atoms with van der Waals surface area (Å²) in [4.78, 5) is 10.8. The molecule has 0 aromatic rings. The van der Waals surface area contributed by atoms with Gasteiger partial charge in [0.25, 0.3) is 0 Å². The van der Waals surface area contributed by atoms with Gasteiger partial charge in [0, 0.05) is 0 Å². The van der Waals surface area contributed by atoms with Gasteiger partial charge < -0.3 is 4.74 Å². The lowest BCUT2D eigenvalue weighted by Crippen LogP contribution is -2.33. The molecule has 0 aliphatic heterocycles.